The Bertz CT molecular complexity index is 545. The fourth-order valence-corrected chi connectivity index (χ4v) is 1.65. The van der Waals surface area contributed by atoms with Crippen molar-refractivity contribution in [1.82, 2.24) is 15.0 Å². The molecule has 0 saturated carbocycles. The van der Waals surface area contributed by atoms with Crippen LogP contribution < -0.4 is 11.1 Å². The van der Waals surface area contributed by atoms with E-state index in [1.165, 1.54) is 12.1 Å². The van der Waals surface area contributed by atoms with Crippen molar-refractivity contribution >= 4 is 45.1 Å². The number of anilines is 3. The van der Waals surface area contributed by atoms with Gasteiger partial charge >= 0.3 is 0 Å². The minimum atomic E-state index is -0.385. The van der Waals surface area contributed by atoms with Gasteiger partial charge < -0.3 is 11.1 Å². The molecule has 0 saturated heterocycles. The summed E-state index contributed by atoms with van der Waals surface area (Å²) < 4.78 is 13.7. The molecule has 0 radical (unpaired) electrons. The molecule has 88 valence electrons. The zero-order valence-corrected chi connectivity index (χ0v) is 10.6. The summed E-state index contributed by atoms with van der Waals surface area (Å²) in [6.07, 6.45) is 0. The Labute approximate surface area is 109 Å². The quantitative estimate of drug-likeness (QED) is 0.890. The largest absolute Gasteiger partial charge is 0.368 e. The number of hydrogen-bond donors (Lipinski definition) is 2. The van der Waals surface area contributed by atoms with Crippen molar-refractivity contribution in [3.05, 3.63) is 33.8 Å². The average Bonchev–Trinajstić information content (AvgIpc) is 2.22. The van der Waals surface area contributed by atoms with Crippen molar-refractivity contribution in [3.63, 3.8) is 0 Å². The van der Waals surface area contributed by atoms with Gasteiger partial charge in [-0.2, -0.15) is 15.0 Å². The molecule has 8 heteroatoms. The summed E-state index contributed by atoms with van der Waals surface area (Å²) in [7, 11) is 0. The molecule has 0 aliphatic carbocycles. The number of nitrogens with one attached hydrogen (secondary N) is 1. The van der Waals surface area contributed by atoms with Crippen molar-refractivity contribution in [2.45, 2.75) is 0 Å². The first-order valence-electron chi connectivity index (χ1n) is 4.44. The highest BCUT2D eigenvalue weighted by Crippen LogP contribution is 2.25. The van der Waals surface area contributed by atoms with Crippen LogP contribution in [0.25, 0.3) is 0 Å². The molecular formula is C9H6BrClFN5. The van der Waals surface area contributed by atoms with Gasteiger partial charge in [-0.05, 0) is 45.7 Å². The fraction of sp³-hybridized carbons (Fsp3) is 0. The third kappa shape index (κ3) is 3.01. The zero-order chi connectivity index (χ0) is 12.4. The Hall–Kier alpha value is -1.47. The maximum absolute atomic E-state index is 13.0. The lowest BCUT2D eigenvalue weighted by Crippen LogP contribution is -2.03. The summed E-state index contributed by atoms with van der Waals surface area (Å²) in [5, 5.41) is 2.75. The van der Waals surface area contributed by atoms with Crippen LogP contribution in [0.1, 0.15) is 0 Å². The zero-order valence-electron chi connectivity index (χ0n) is 8.28. The third-order valence-corrected chi connectivity index (χ3v) is 2.66. The number of aromatic nitrogens is 3. The first-order valence-corrected chi connectivity index (χ1v) is 5.61. The summed E-state index contributed by atoms with van der Waals surface area (Å²) >= 11 is 8.88. The second kappa shape index (κ2) is 4.80. The van der Waals surface area contributed by atoms with Crippen LogP contribution in [0, 0.1) is 5.82 Å². The molecule has 0 spiro atoms. The van der Waals surface area contributed by atoms with E-state index in [1.54, 1.807) is 6.07 Å². The lowest BCUT2D eigenvalue weighted by molar-refractivity contribution is 0.628. The fourth-order valence-electron chi connectivity index (χ4n) is 1.14. The van der Waals surface area contributed by atoms with Crippen molar-refractivity contribution in [1.29, 1.82) is 0 Å². The number of nitrogens with zero attached hydrogens (tertiary/aromatic N) is 3. The maximum atomic E-state index is 13.0. The van der Waals surface area contributed by atoms with Gasteiger partial charge in [0, 0.05) is 4.47 Å². The highest BCUT2D eigenvalue weighted by molar-refractivity contribution is 9.10. The normalized spacial score (nSPS) is 10.3. The van der Waals surface area contributed by atoms with E-state index in [-0.39, 0.29) is 23.0 Å². The van der Waals surface area contributed by atoms with Gasteiger partial charge in [-0.3, -0.25) is 0 Å². The molecule has 0 bridgehead atoms. The van der Waals surface area contributed by atoms with Crippen molar-refractivity contribution in [3.8, 4) is 0 Å². The van der Waals surface area contributed by atoms with E-state index in [0.717, 1.165) is 0 Å². The van der Waals surface area contributed by atoms with Crippen LogP contribution in [0.4, 0.5) is 22.0 Å². The molecule has 0 atom stereocenters. The van der Waals surface area contributed by atoms with E-state index in [0.29, 0.717) is 10.2 Å². The average molecular weight is 319 g/mol. The van der Waals surface area contributed by atoms with Crippen LogP contribution in [0.15, 0.2) is 22.7 Å². The highest BCUT2D eigenvalue weighted by Gasteiger charge is 2.06. The molecule has 1 aromatic carbocycles. The molecule has 0 unspecified atom stereocenters. The lowest BCUT2D eigenvalue weighted by Gasteiger charge is -2.07. The Morgan fingerprint density at radius 2 is 2.06 bits per heavy atom. The maximum Gasteiger partial charge on any atom is 0.233 e. The van der Waals surface area contributed by atoms with E-state index in [9.17, 15) is 4.39 Å². The van der Waals surface area contributed by atoms with E-state index in [4.69, 9.17) is 17.3 Å². The van der Waals surface area contributed by atoms with Crippen molar-refractivity contribution in [2.24, 2.45) is 0 Å². The molecule has 1 aromatic heterocycles. The second-order valence-electron chi connectivity index (χ2n) is 3.04. The van der Waals surface area contributed by atoms with Gasteiger partial charge in [0.15, 0.2) is 0 Å². The molecule has 0 aliphatic heterocycles. The minimum absolute atomic E-state index is 0.0139. The van der Waals surface area contributed by atoms with Gasteiger partial charge in [-0.1, -0.05) is 0 Å². The monoisotopic (exact) mass is 317 g/mol. The molecule has 5 nitrogen and oxygen atoms in total. The summed E-state index contributed by atoms with van der Waals surface area (Å²) in [6.45, 7) is 0. The van der Waals surface area contributed by atoms with Gasteiger partial charge in [-0.25, -0.2) is 4.39 Å². The molecule has 0 aliphatic rings. The number of nitrogens with two attached hydrogens (primary N) is 1. The van der Waals surface area contributed by atoms with Gasteiger partial charge in [0.2, 0.25) is 17.2 Å². The number of rotatable bonds is 2. The van der Waals surface area contributed by atoms with Crippen molar-refractivity contribution < 1.29 is 4.39 Å². The summed E-state index contributed by atoms with van der Waals surface area (Å²) in [5.41, 5.74) is 5.87. The number of halogens is 3. The first-order chi connectivity index (χ1) is 8.04. The summed E-state index contributed by atoms with van der Waals surface area (Å²) in [6, 6.07) is 4.17. The molecule has 1 heterocycles. The Morgan fingerprint density at radius 3 is 2.76 bits per heavy atom. The first kappa shape index (κ1) is 12.0. The van der Waals surface area contributed by atoms with Crippen LogP contribution in [0.5, 0.6) is 0 Å². The van der Waals surface area contributed by atoms with Crippen LogP contribution in [0.2, 0.25) is 5.28 Å². The SMILES string of the molecule is Nc1nc(Cl)nc(Nc2cc(F)ccc2Br)n1. The van der Waals surface area contributed by atoms with E-state index in [1.807, 2.05) is 0 Å². The summed E-state index contributed by atoms with van der Waals surface area (Å²) in [5.74, 6) is -0.252. The Kier molecular flexibility index (Phi) is 3.39. The number of hydrogen-bond acceptors (Lipinski definition) is 5. The van der Waals surface area contributed by atoms with E-state index >= 15 is 0 Å². The van der Waals surface area contributed by atoms with E-state index < -0.39 is 0 Å². The highest BCUT2D eigenvalue weighted by atomic mass is 79.9. The molecule has 2 aromatic rings. The second-order valence-corrected chi connectivity index (χ2v) is 4.23. The van der Waals surface area contributed by atoms with Crippen LogP contribution >= 0.6 is 27.5 Å². The number of benzene rings is 1. The molecule has 0 fully saturated rings. The smallest absolute Gasteiger partial charge is 0.233 e. The Balaban J connectivity index is 2.34. The standard InChI is InChI=1S/C9H6BrClFN5/c10-5-2-1-4(12)3-6(5)14-9-16-7(11)15-8(13)17-9/h1-3H,(H3,13,14,15,16,17). The van der Waals surface area contributed by atoms with Crippen LogP contribution in [-0.2, 0) is 0 Å². The van der Waals surface area contributed by atoms with Gasteiger partial charge in [-0.15, -0.1) is 0 Å². The van der Waals surface area contributed by atoms with Crippen LogP contribution in [0.3, 0.4) is 0 Å². The predicted molar refractivity (Wildman–Crippen MR) is 66.6 cm³/mol. The molecular weight excluding hydrogens is 312 g/mol. The van der Waals surface area contributed by atoms with Gasteiger partial charge in [0.1, 0.15) is 5.82 Å². The molecule has 3 N–H and O–H groups in total. The topological polar surface area (TPSA) is 76.7 Å². The third-order valence-electron chi connectivity index (χ3n) is 1.80. The Morgan fingerprint density at radius 1 is 1.29 bits per heavy atom. The summed E-state index contributed by atoms with van der Waals surface area (Å²) in [4.78, 5) is 11.2. The predicted octanol–water partition coefficient (Wildman–Crippen LogP) is 2.75. The van der Waals surface area contributed by atoms with Gasteiger partial charge in [0.25, 0.3) is 0 Å². The van der Waals surface area contributed by atoms with Crippen molar-refractivity contribution in [2.75, 3.05) is 11.1 Å². The number of nitrogen functional groups attached to an aromatic ring is 1. The minimum Gasteiger partial charge on any atom is -0.368 e. The molecule has 17 heavy (non-hydrogen) atoms. The molecule has 0 amide bonds. The van der Waals surface area contributed by atoms with E-state index in [2.05, 4.69) is 36.2 Å². The van der Waals surface area contributed by atoms with Gasteiger partial charge in [0.05, 0.1) is 5.69 Å². The molecule has 2 rings (SSSR count). The lowest BCUT2D eigenvalue weighted by atomic mass is 10.3. The van der Waals surface area contributed by atoms with Crippen LogP contribution in [-0.4, -0.2) is 15.0 Å².